The zero-order chi connectivity index (χ0) is 24.1. The number of nitrogens with one attached hydrogen (secondary N) is 1. The molecule has 1 N–H and O–H groups in total. The van der Waals surface area contributed by atoms with Crippen LogP contribution < -0.4 is 9.62 Å². The topological polar surface area (TPSA) is 86.8 Å². The fourth-order valence-electron chi connectivity index (χ4n) is 3.00. The summed E-state index contributed by atoms with van der Waals surface area (Å²) in [5, 5.41) is 2.82. The molecule has 0 unspecified atom stereocenters. The van der Waals surface area contributed by atoms with Crippen molar-refractivity contribution in [3.8, 4) is 0 Å². The Morgan fingerprint density at radius 3 is 2.09 bits per heavy atom. The van der Waals surface area contributed by atoms with Crippen LogP contribution in [-0.4, -0.2) is 50.0 Å². The van der Waals surface area contributed by atoms with Gasteiger partial charge in [-0.05, 0) is 85.3 Å². The standard InChI is InChI=1S/C22H27BrIN3O4S/c1-15(2)25-22(29)16(3)26(13-17-5-7-18(23)8-6-17)21(28)14-27(32(4,30)31)20-11-9-19(24)10-12-20/h5-12,15-16H,13-14H2,1-4H3,(H,25,29)/t16-/m1/s1. The third-order valence-electron chi connectivity index (χ3n) is 4.66. The number of nitrogens with zero attached hydrogens (tertiary/aromatic N) is 2. The van der Waals surface area contributed by atoms with Crippen LogP contribution in [0.2, 0.25) is 0 Å². The Hall–Kier alpha value is -1.66. The van der Waals surface area contributed by atoms with E-state index in [-0.39, 0.29) is 18.5 Å². The molecule has 0 aliphatic rings. The first kappa shape index (κ1) is 26.6. The molecule has 2 aromatic carbocycles. The van der Waals surface area contributed by atoms with Gasteiger partial charge in [-0.25, -0.2) is 8.42 Å². The van der Waals surface area contributed by atoms with Crippen LogP contribution in [0.3, 0.4) is 0 Å². The van der Waals surface area contributed by atoms with Crippen molar-refractivity contribution < 1.29 is 18.0 Å². The lowest BCUT2D eigenvalue weighted by molar-refractivity contribution is -0.139. The lowest BCUT2D eigenvalue weighted by Gasteiger charge is -2.32. The first-order valence-electron chi connectivity index (χ1n) is 9.96. The minimum Gasteiger partial charge on any atom is -0.352 e. The van der Waals surface area contributed by atoms with Crippen molar-refractivity contribution in [1.82, 2.24) is 10.2 Å². The third-order valence-corrected chi connectivity index (χ3v) is 7.05. The first-order valence-corrected chi connectivity index (χ1v) is 13.7. The molecule has 32 heavy (non-hydrogen) atoms. The van der Waals surface area contributed by atoms with Gasteiger partial charge < -0.3 is 10.2 Å². The molecule has 0 aromatic heterocycles. The van der Waals surface area contributed by atoms with Crippen LogP contribution in [0.15, 0.2) is 53.0 Å². The van der Waals surface area contributed by atoms with Crippen molar-refractivity contribution >= 4 is 66.0 Å². The Bertz CT molecular complexity index is 1040. The molecule has 1 atom stereocenters. The first-order chi connectivity index (χ1) is 14.9. The minimum atomic E-state index is -3.73. The highest BCUT2D eigenvalue weighted by molar-refractivity contribution is 14.1. The molecule has 174 valence electrons. The van der Waals surface area contributed by atoms with Crippen LogP contribution in [0.25, 0.3) is 0 Å². The van der Waals surface area contributed by atoms with Crippen LogP contribution in [0.4, 0.5) is 5.69 Å². The molecule has 0 heterocycles. The van der Waals surface area contributed by atoms with Crippen LogP contribution in [0.5, 0.6) is 0 Å². The zero-order valence-electron chi connectivity index (χ0n) is 18.4. The lowest BCUT2D eigenvalue weighted by atomic mass is 10.1. The normalized spacial score (nSPS) is 12.3. The fraction of sp³-hybridized carbons (Fsp3) is 0.364. The number of halogens is 2. The van der Waals surface area contributed by atoms with Gasteiger partial charge in [-0.2, -0.15) is 0 Å². The van der Waals surface area contributed by atoms with Gasteiger partial charge >= 0.3 is 0 Å². The van der Waals surface area contributed by atoms with E-state index < -0.39 is 28.5 Å². The molecule has 2 rings (SSSR count). The van der Waals surface area contributed by atoms with Gasteiger partial charge in [0.1, 0.15) is 12.6 Å². The van der Waals surface area contributed by atoms with Gasteiger partial charge in [0.25, 0.3) is 0 Å². The molecule has 0 bridgehead atoms. The summed E-state index contributed by atoms with van der Waals surface area (Å²) in [4.78, 5) is 27.5. The number of hydrogen-bond donors (Lipinski definition) is 1. The second-order valence-corrected chi connectivity index (χ2v) is 11.8. The van der Waals surface area contributed by atoms with Gasteiger partial charge in [-0.3, -0.25) is 13.9 Å². The van der Waals surface area contributed by atoms with Gasteiger partial charge in [0.05, 0.1) is 11.9 Å². The van der Waals surface area contributed by atoms with E-state index in [2.05, 4.69) is 43.8 Å². The number of amides is 2. The van der Waals surface area contributed by atoms with Gasteiger partial charge in [-0.15, -0.1) is 0 Å². The summed E-state index contributed by atoms with van der Waals surface area (Å²) in [6.07, 6.45) is 1.06. The van der Waals surface area contributed by atoms with Crippen molar-refractivity contribution in [3.63, 3.8) is 0 Å². The summed E-state index contributed by atoms with van der Waals surface area (Å²) in [7, 11) is -3.73. The van der Waals surface area contributed by atoms with Crippen LogP contribution in [-0.2, 0) is 26.2 Å². The maximum atomic E-state index is 13.4. The molecule has 0 aliphatic heterocycles. The molecule has 0 aliphatic carbocycles. The van der Waals surface area contributed by atoms with Crippen LogP contribution >= 0.6 is 38.5 Å². The molecule has 0 radical (unpaired) electrons. The lowest BCUT2D eigenvalue weighted by Crippen LogP contribution is -2.52. The Labute approximate surface area is 211 Å². The number of carbonyl (C=O) groups excluding carboxylic acids is 2. The van der Waals surface area contributed by atoms with Crippen LogP contribution in [0.1, 0.15) is 26.3 Å². The van der Waals surface area contributed by atoms with Crippen molar-refractivity contribution in [2.24, 2.45) is 0 Å². The second kappa shape index (κ2) is 11.5. The summed E-state index contributed by atoms with van der Waals surface area (Å²) in [5.74, 6) is -0.770. The number of anilines is 1. The van der Waals surface area contributed by atoms with Crippen LogP contribution in [0, 0.1) is 3.57 Å². The summed E-state index contributed by atoms with van der Waals surface area (Å²) in [6.45, 7) is 5.09. The van der Waals surface area contributed by atoms with E-state index in [1.54, 1.807) is 31.2 Å². The third kappa shape index (κ3) is 7.73. The highest BCUT2D eigenvalue weighted by atomic mass is 127. The second-order valence-electron chi connectivity index (χ2n) is 7.73. The zero-order valence-corrected chi connectivity index (χ0v) is 22.9. The number of sulfonamides is 1. The maximum absolute atomic E-state index is 13.4. The highest BCUT2D eigenvalue weighted by Gasteiger charge is 2.30. The monoisotopic (exact) mass is 635 g/mol. The van der Waals surface area contributed by atoms with Gasteiger partial charge in [0.15, 0.2) is 0 Å². The largest absolute Gasteiger partial charge is 0.352 e. The molecular formula is C22H27BrIN3O4S. The summed E-state index contributed by atoms with van der Waals surface area (Å²) >= 11 is 5.51. The van der Waals surface area contributed by atoms with Crippen molar-refractivity contribution in [2.45, 2.75) is 39.4 Å². The van der Waals surface area contributed by atoms with E-state index in [0.717, 1.165) is 24.2 Å². The fourth-order valence-corrected chi connectivity index (χ4v) is 4.47. The summed E-state index contributed by atoms with van der Waals surface area (Å²) in [6, 6.07) is 13.4. The molecule has 0 saturated heterocycles. The predicted octanol–water partition coefficient (Wildman–Crippen LogP) is 3.76. The SMILES string of the molecule is CC(C)NC(=O)[C@@H](C)N(Cc1ccc(Br)cc1)C(=O)CN(c1ccc(I)cc1)S(C)(=O)=O. The van der Waals surface area contributed by atoms with Gasteiger partial charge in [0.2, 0.25) is 21.8 Å². The minimum absolute atomic E-state index is 0.0890. The van der Waals surface area contributed by atoms with Crippen molar-refractivity contribution in [1.29, 1.82) is 0 Å². The average Bonchev–Trinajstić information content (AvgIpc) is 2.70. The number of hydrogen-bond acceptors (Lipinski definition) is 4. The molecule has 2 amide bonds. The summed E-state index contributed by atoms with van der Waals surface area (Å²) in [5.41, 5.74) is 1.22. The Morgan fingerprint density at radius 1 is 1.03 bits per heavy atom. The van der Waals surface area contributed by atoms with E-state index in [0.29, 0.717) is 5.69 Å². The Morgan fingerprint density at radius 2 is 1.59 bits per heavy atom. The quantitative estimate of drug-likeness (QED) is 0.425. The van der Waals surface area contributed by atoms with E-state index in [9.17, 15) is 18.0 Å². The highest BCUT2D eigenvalue weighted by Crippen LogP contribution is 2.21. The average molecular weight is 636 g/mol. The molecule has 10 heteroatoms. The molecule has 2 aromatic rings. The molecule has 0 spiro atoms. The molecule has 0 saturated carbocycles. The number of rotatable bonds is 9. The Kier molecular flexibility index (Phi) is 9.53. The molecule has 0 fully saturated rings. The number of carbonyl (C=O) groups is 2. The predicted molar refractivity (Wildman–Crippen MR) is 139 cm³/mol. The van der Waals surface area contributed by atoms with E-state index in [1.807, 2.05) is 38.1 Å². The van der Waals surface area contributed by atoms with E-state index in [4.69, 9.17) is 0 Å². The molecular weight excluding hydrogens is 609 g/mol. The van der Waals surface area contributed by atoms with Gasteiger partial charge in [-0.1, -0.05) is 28.1 Å². The molecule has 7 nitrogen and oxygen atoms in total. The van der Waals surface area contributed by atoms with Crippen molar-refractivity contribution in [2.75, 3.05) is 17.1 Å². The smallest absolute Gasteiger partial charge is 0.244 e. The van der Waals surface area contributed by atoms with E-state index >= 15 is 0 Å². The number of benzene rings is 2. The van der Waals surface area contributed by atoms with E-state index in [1.165, 1.54) is 4.90 Å². The summed E-state index contributed by atoms with van der Waals surface area (Å²) < 4.78 is 27.9. The Balaban J connectivity index is 2.36. The van der Waals surface area contributed by atoms with Crippen molar-refractivity contribution in [3.05, 3.63) is 62.1 Å². The van der Waals surface area contributed by atoms with Gasteiger partial charge in [0, 0.05) is 20.6 Å². The maximum Gasteiger partial charge on any atom is 0.244 e.